The van der Waals surface area contributed by atoms with Gasteiger partial charge in [0.25, 0.3) is 0 Å². The van der Waals surface area contributed by atoms with Crippen molar-refractivity contribution in [3.63, 3.8) is 0 Å². The molecule has 0 amide bonds. The fourth-order valence-electron chi connectivity index (χ4n) is 0.867. The van der Waals surface area contributed by atoms with Gasteiger partial charge in [-0.1, -0.05) is 25.6 Å². The zero-order valence-electron chi connectivity index (χ0n) is 6.67. The Balaban J connectivity index is 0.00000169. The summed E-state index contributed by atoms with van der Waals surface area (Å²) in [6.45, 7) is 0.145. The van der Waals surface area contributed by atoms with Crippen LogP contribution in [0.3, 0.4) is 0 Å². The molecule has 1 aromatic rings. The van der Waals surface area contributed by atoms with E-state index in [4.69, 9.17) is 10.3 Å². The molecule has 1 rings (SSSR count). The molecule has 0 saturated carbocycles. The molecular formula is C8H13NO4S. The monoisotopic (exact) mass is 219 g/mol. The van der Waals surface area contributed by atoms with Gasteiger partial charge in [-0.3, -0.25) is 4.55 Å². The molecule has 1 aromatic carbocycles. The van der Waals surface area contributed by atoms with Gasteiger partial charge in [0.05, 0.1) is 0 Å². The number of para-hydroxylation sites is 1. The van der Waals surface area contributed by atoms with E-state index in [9.17, 15) is 8.42 Å². The summed E-state index contributed by atoms with van der Waals surface area (Å²) in [5.41, 5.74) is 5.83. The zero-order valence-corrected chi connectivity index (χ0v) is 7.49. The van der Waals surface area contributed by atoms with Crippen molar-refractivity contribution in [1.82, 2.24) is 0 Å². The van der Waals surface area contributed by atoms with Crippen molar-refractivity contribution >= 4 is 10.4 Å². The highest BCUT2D eigenvalue weighted by molar-refractivity contribution is 7.81. The Kier molecular flexibility index (Phi) is 4.55. The predicted molar refractivity (Wildman–Crippen MR) is 53.2 cm³/mol. The van der Waals surface area contributed by atoms with E-state index in [1.54, 1.807) is 18.2 Å². The molecule has 80 valence electrons. The van der Waals surface area contributed by atoms with E-state index in [2.05, 4.69) is 4.18 Å². The molecule has 0 saturated heterocycles. The lowest BCUT2D eigenvalue weighted by atomic mass is 10.2. The van der Waals surface area contributed by atoms with E-state index < -0.39 is 10.4 Å². The lowest BCUT2D eigenvalue weighted by molar-refractivity contribution is 0.385. The summed E-state index contributed by atoms with van der Waals surface area (Å²) in [7, 11) is -4.47. The highest BCUT2D eigenvalue weighted by Crippen LogP contribution is 2.18. The average Bonchev–Trinajstić information content (AvgIpc) is 2.02. The maximum Gasteiger partial charge on any atom is 0.446 e. The summed E-state index contributed by atoms with van der Waals surface area (Å²) in [5, 5.41) is 0. The lowest BCUT2D eigenvalue weighted by Gasteiger charge is -2.05. The molecule has 0 aliphatic heterocycles. The number of benzene rings is 1. The Bertz CT molecular complexity index is 388. The SMILES string of the molecule is C.NCc1ccccc1OS(=O)(=O)O. The Hall–Kier alpha value is -1.11. The Labute approximate surface area is 83.5 Å². The van der Waals surface area contributed by atoms with Crippen LogP contribution in [-0.2, 0) is 16.9 Å². The van der Waals surface area contributed by atoms with Crippen LogP contribution in [-0.4, -0.2) is 13.0 Å². The molecular weight excluding hydrogens is 206 g/mol. The number of hydrogen-bond donors (Lipinski definition) is 2. The Morgan fingerprint density at radius 3 is 2.43 bits per heavy atom. The van der Waals surface area contributed by atoms with Crippen molar-refractivity contribution in [3.8, 4) is 5.75 Å². The van der Waals surface area contributed by atoms with Crippen LogP contribution in [0, 0.1) is 0 Å². The second-order valence-corrected chi connectivity index (χ2v) is 3.35. The van der Waals surface area contributed by atoms with Gasteiger partial charge in [0, 0.05) is 12.1 Å². The highest BCUT2D eigenvalue weighted by atomic mass is 32.3. The molecule has 0 fully saturated rings. The summed E-state index contributed by atoms with van der Waals surface area (Å²) in [6.07, 6.45) is 0. The van der Waals surface area contributed by atoms with Crippen LogP contribution in [0.15, 0.2) is 24.3 Å². The quantitative estimate of drug-likeness (QED) is 0.739. The maximum atomic E-state index is 10.4. The molecule has 0 aliphatic rings. The second-order valence-electron chi connectivity index (χ2n) is 2.32. The third-order valence-electron chi connectivity index (χ3n) is 1.39. The number of hydrogen-bond acceptors (Lipinski definition) is 4. The fourth-order valence-corrected chi connectivity index (χ4v) is 1.26. The zero-order chi connectivity index (χ0) is 9.90. The van der Waals surface area contributed by atoms with Crippen LogP contribution < -0.4 is 9.92 Å². The third-order valence-corrected chi connectivity index (χ3v) is 1.78. The number of rotatable bonds is 3. The van der Waals surface area contributed by atoms with Gasteiger partial charge in [0.1, 0.15) is 5.75 Å². The maximum absolute atomic E-state index is 10.4. The molecule has 0 aromatic heterocycles. The van der Waals surface area contributed by atoms with Crippen LogP contribution >= 0.6 is 0 Å². The molecule has 6 heteroatoms. The second kappa shape index (κ2) is 4.94. The minimum atomic E-state index is -4.47. The van der Waals surface area contributed by atoms with Crippen molar-refractivity contribution in [2.24, 2.45) is 5.73 Å². The molecule has 0 heterocycles. The first-order valence-electron chi connectivity index (χ1n) is 3.48. The van der Waals surface area contributed by atoms with Crippen LogP contribution in [0.25, 0.3) is 0 Å². The van der Waals surface area contributed by atoms with Gasteiger partial charge in [0.15, 0.2) is 0 Å². The summed E-state index contributed by atoms with van der Waals surface area (Å²) >= 11 is 0. The first-order valence-corrected chi connectivity index (χ1v) is 4.84. The Morgan fingerprint density at radius 2 is 1.93 bits per heavy atom. The van der Waals surface area contributed by atoms with E-state index >= 15 is 0 Å². The van der Waals surface area contributed by atoms with Gasteiger partial charge in [-0.15, -0.1) is 0 Å². The van der Waals surface area contributed by atoms with E-state index in [0.717, 1.165) is 0 Å². The van der Waals surface area contributed by atoms with E-state index in [-0.39, 0.29) is 19.7 Å². The van der Waals surface area contributed by atoms with Gasteiger partial charge >= 0.3 is 10.4 Å². The molecule has 14 heavy (non-hydrogen) atoms. The normalized spacial score (nSPS) is 10.4. The van der Waals surface area contributed by atoms with E-state index in [1.807, 2.05) is 0 Å². The molecule has 3 N–H and O–H groups in total. The molecule has 0 unspecified atom stereocenters. The van der Waals surface area contributed by atoms with Gasteiger partial charge in [-0.05, 0) is 6.07 Å². The molecule has 0 radical (unpaired) electrons. The molecule has 0 spiro atoms. The largest absolute Gasteiger partial charge is 0.446 e. The Morgan fingerprint density at radius 1 is 1.36 bits per heavy atom. The molecule has 0 atom stereocenters. The van der Waals surface area contributed by atoms with Crippen molar-refractivity contribution in [3.05, 3.63) is 29.8 Å². The van der Waals surface area contributed by atoms with Crippen molar-refractivity contribution in [2.45, 2.75) is 14.0 Å². The van der Waals surface area contributed by atoms with Gasteiger partial charge < -0.3 is 9.92 Å². The smallest absolute Gasteiger partial charge is 0.361 e. The average molecular weight is 219 g/mol. The number of nitrogens with two attached hydrogens (primary N) is 1. The molecule has 5 nitrogen and oxygen atoms in total. The first-order chi connectivity index (χ1) is 6.03. The summed E-state index contributed by atoms with van der Waals surface area (Å²) in [6, 6.07) is 6.30. The summed E-state index contributed by atoms with van der Waals surface area (Å²) in [5.74, 6) is 0.0486. The van der Waals surface area contributed by atoms with Gasteiger partial charge in [-0.25, -0.2) is 0 Å². The van der Waals surface area contributed by atoms with Crippen LogP contribution in [0.4, 0.5) is 0 Å². The van der Waals surface area contributed by atoms with Gasteiger partial charge in [-0.2, -0.15) is 8.42 Å². The van der Waals surface area contributed by atoms with Crippen molar-refractivity contribution in [1.29, 1.82) is 0 Å². The minimum Gasteiger partial charge on any atom is -0.361 e. The fraction of sp³-hybridized carbons (Fsp3) is 0.250. The van der Waals surface area contributed by atoms with Crippen LogP contribution in [0.5, 0.6) is 5.75 Å². The minimum absolute atomic E-state index is 0. The van der Waals surface area contributed by atoms with E-state index in [1.165, 1.54) is 6.07 Å². The van der Waals surface area contributed by atoms with Crippen molar-refractivity contribution in [2.75, 3.05) is 0 Å². The summed E-state index contributed by atoms with van der Waals surface area (Å²) in [4.78, 5) is 0. The standard InChI is InChI=1S/C7H9NO4S.CH4/c8-5-6-3-1-2-4-7(6)12-13(9,10)11;/h1-4H,5,8H2,(H,9,10,11);1H4. The first kappa shape index (κ1) is 12.9. The lowest BCUT2D eigenvalue weighted by Crippen LogP contribution is -2.09. The molecule has 0 bridgehead atoms. The topological polar surface area (TPSA) is 89.6 Å². The predicted octanol–water partition coefficient (Wildman–Crippen LogP) is 0.963. The van der Waals surface area contributed by atoms with Crippen LogP contribution in [0.1, 0.15) is 13.0 Å². The van der Waals surface area contributed by atoms with Crippen molar-refractivity contribution < 1.29 is 17.2 Å². The van der Waals surface area contributed by atoms with E-state index in [0.29, 0.717) is 5.56 Å². The third kappa shape index (κ3) is 3.73. The molecule has 0 aliphatic carbocycles. The highest BCUT2D eigenvalue weighted by Gasteiger charge is 2.09. The van der Waals surface area contributed by atoms with Gasteiger partial charge in [0.2, 0.25) is 0 Å². The summed E-state index contributed by atoms with van der Waals surface area (Å²) < 4.78 is 33.4. The van der Waals surface area contributed by atoms with Crippen LogP contribution in [0.2, 0.25) is 0 Å².